The fourth-order valence-electron chi connectivity index (χ4n) is 2.24. The Labute approximate surface area is 108 Å². The van der Waals surface area contributed by atoms with Crippen molar-refractivity contribution in [1.82, 2.24) is 0 Å². The van der Waals surface area contributed by atoms with E-state index in [2.05, 4.69) is 0 Å². The minimum Gasteiger partial charge on any atom is -0.384 e. The molecule has 1 saturated heterocycles. The van der Waals surface area contributed by atoms with Gasteiger partial charge in [-0.25, -0.2) is 13.2 Å². The lowest BCUT2D eigenvalue weighted by atomic mass is 9.69. The molecular weight excluding hydrogens is 261 g/mol. The molecule has 1 aromatic rings. The van der Waals surface area contributed by atoms with Gasteiger partial charge in [-0.15, -0.1) is 0 Å². The first-order valence-electron chi connectivity index (χ1n) is 5.74. The summed E-state index contributed by atoms with van der Waals surface area (Å²) in [6, 6.07) is 2.00. The minimum atomic E-state index is -1.52. The summed E-state index contributed by atoms with van der Waals surface area (Å²) < 4.78 is 40.1. The number of benzene rings is 1. The van der Waals surface area contributed by atoms with Crippen LogP contribution < -0.4 is 0 Å². The lowest BCUT2D eigenvalue weighted by Gasteiger charge is -2.46. The summed E-state index contributed by atoms with van der Waals surface area (Å²) in [5.74, 6) is -2.90. The second-order valence-electron chi connectivity index (χ2n) is 5.27. The molecule has 0 amide bonds. The molecule has 1 nitrogen and oxygen atoms in total. The predicted octanol–water partition coefficient (Wildman–Crippen LogP) is 3.45. The van der Waals surface area contributed by atoms with E-state index in [0.29, 0.717) is 6.42 Å². The molecule has 2 rings (SSSR count). The maximum atomic E-state index is 13.9. The third-order valence-corrected chi connectivity index (χ3v) is 4.90. The van der Waals surface area contributed by atoms with E-state index in [-0.39, 0.29) is 11.3 Å². The first kappa shape index (κ1) is 13.7. The highest BCUT2D eigenvalue weighted by Crippen LogP contribution is 2.49. The van der Waals surface area contributed by atoms with E-state index in [1.807, 2.05) is 13.8 Å². The highest BCUT2D eigenvalue weighted by molar-refractivity contribution is 7.99. The Morgan fingerprint density at radius 2 is 1.83 bits per heavy atom. The van der Waals surface area contributed by atoms with Crippen molar-refractivity contribution in [3.8, 4) is 0 Å². The average Bonchev–Trinajstić information content (AvgIpc) is 2.30. The molecule has 0 bridgehead atoms. The van der Waals surface area contributed by atoms with Gasteiger partial charge in [0, 0.05) is 11.3 Å². The van der Waals surface area contributed by atoms with Gasteiger partial charge in [-0.3, -0.25) is 0 Å². The second-order valence-corrected chi connectivity index (χ2v) is 6.37. The van der Waals surface area contributed by atoms with E-state index in [9.17, 15) is 18.3 Å². The number of halogens is 3. The summed E-state index contributed by atoms with van der Waals surface area (Å²) in [5.41, 5.74) is -2.21. The summed E-state index contributed by atoms with van der Waals surface area (Å²) in [6.07, 6.45) is 0.687. The SMILES string of the molecule is CC1(C)CCSCC1(O)c1ccc(F)c(F)c1F. The molecule has 1 heterocycles. The summed E-state index contributed by atoms with van der Waals surface area (Å²) in [5, 5.41) is 10.7. The molecule has 100 valence electrons. The highest BCUT2D eigenvalue weighted by atomic mass is 32.2. The zero-order valence-electron chi connectivity index (χ0n) is 10.3. The van der Waals surface area contributed by atoms with Crippen molar-refractivity contribution in [3.63, 3.8) is 0 Å². The minimum absolute atomic E-state index is 0.154. The molecule has 0 radical (unpaired) electrons. The topological polar surface area (TPSA) is 20.2 Å². The van der Waals surface area contributed by atoms with Gasteiger partial charge in [-0.05, 0) is 23.7 Å². The maximum Gasteiger partial charge on any atom is 0.194 e. The molecule has 18 heavy (non-hydrogen) atoms. The summed E-state index contributed by atoms with van der Waals surface area (Å²) in [7, 11) is 0. The Bertz CT molecular complexity index is 476. The fourth-order valence-corrected chi connectivity index (χ4v) is 3.88. The van der Waals surface area contributed by atoms with Crippen molar-refractivity contribution in [1.29, 1.82) is 0 Å². The number of aliphatic hydroxyl groups is 1. The molecule has 1 aliphatic heterocycles. The molecule has 1 aromatic carbocycles. The number of hydrogen-bond donors (Lipinski definition) is 1. The molecule has 0 aliphatic carbocycles. The van der Waals surface area contributed by atoms with Crippen molar-refractivity contribution >= 4 is 11.8 Å². The Kier molecular flexibility index (Phi) is 3.40. The van der Waals surface area contributed by atoms with E-state index >= 15 is 0 Å². The van der Waals surface area contributed by atoms with Crippen LogP contribution in [0.5, 0.6) is 0 Å². The van der Waals surface area contributed by atoms with E-state index in [4.69, 9.17) is 0 Å². The number of rotatable bonds is 1. The Morgan fingerprint density at radius 3 is 2.44 bits per heavy atom. The Hall–Kier alpha value is -0.680. The molecule has 1 N–H and O–H groups in total. The van der Waals surface area contributed by atoms with Gasteiger partial charge in [-0.1, -0.05) is 19.9 Å². The van der Waals surface area contributed by atoms with Crippen LogP contribution in [0.3, 0.4) is 0 Å². The zero-order chi connectivity index (χ0) is 13.6. The molecule has 1 atom stereocenters. The standard InChI is InChI=1S/C13H15F3OS/c1-12(2)5-6-18-7-13(12,17)8-3-4-9(14)11(16)10(8)15/h3-4,17H,5-7H2,1-2H3. The van der Waals surface area contributed by atoms with Gasteiger partial charge in [0.2, 0.25) is 0 Å². The third-order valence-electron chi connectivity index (χ3n) is 3.78. The van der Waals surface area contributed by atoms with Crippen LogP contribution in [0.15, 0.2) is 12.1 Å². The van der Waals surface area contributed by atoms with Gasteiger partial charge < -0.3 is 5.11 Å². The Morgan fingerprint density at radius 1 is 1.17 bits per heavy atom. The van der Waals surface area contributed by atoms with Gasteiger partial charge in [0.15, 0.2) is 17.5 Å². The van der Waals surface area contributed by atoms with Crippen molar-refractivity contribution in [3.05, 3.63) is 35.1 Å². The normalized spacial score (nSPS) is 27.2. The van der Waals surface area contributed by atoms with E-state index in [1.54, 1.807) is 0 Å². The first-order chi connectivity index (χ1) is 8.29. The van der Waals surface area contributed by atoms with Crippen molar-refractivity contribution in [2.75, 3.05) is 11.5 Å². The summed E-state index contributed by atoms with van der Waals surface area (Å²) >= 11 is 1.48. The monoisotopic (exact) mass is 276 g/mol. The van der Waals surface area contributed by atoms with Crippen LogP contribution in [-0.4, -0.2) is 16.6 Å². The smallest absolute Gasteiger partial charge is 0.194 e. The van der Waals surface area contributed by atoms with Crippen LogP contribution in [0.1, 0.15) is 25.8 Å². The molecule has 0 aromatic heterocycles. The molecule has 0 spiro atoms. The first-order valence-corrected chi connectivity index (χ1v) is 6.89. The molecule has 1 aliphatic rings. The van der Waals surface area contributed by atoms with Gasteiger partial charge in [-0.2, -0.15) is 11.8 Å². The number of thioether (sulfide) groups is 1. The molecule has 1 unspecified atom stereocenters. The van der Waals surface area contributed by atoms with E-state index < -0.39 is 28.5 Å². The van der Waals surface area contributed by atoms with Crippen molar-refractivity contribution in [2.45, 2.75) is 25.9 Å². The summed E-state index contributed by atoms with van der Waals surface area (Å²) in [6.45, 7) is 3.63. The summed E-state index contributed by atoms with van der Waals surface area (Å²) in [4.78, 5) is 0. The average molecular weight is 276 g/mol. The van der Waals surface area contributed by atoms with Crippen LogP contribution in [0.4, 0.5) is 13.2 Å². The lowest BCUT2D eigenvalue weighted by molar-refractivity contribution is -0.0609. The van der Waals surface area contributed by atoms with E-state index in [0.717, 1.165) is 17.9 Å². The quantitative estimate of drug-likeness (QED) is 0.793. The highest BCUT2D eigenvalue weighted by Gasteiger charge is 2.48. The zero-order valence-corrected chi connectivity index (χ0v) is 11.1. The van der Waals surface area contributed by atoms with Gasteiger partial charge in [0.1, 0.15) is 5.60 Å². The van der Waals surface area contributed by atoms with Crippen molar-refractivity contribution in [2.24, 2.45) is 5.41 Å². The van der Waals surface area contributed by atoms with Crippen LogP contribution >= 0.6 is 11.8 Å². The van der Waals surface area contributed by atoms with Crippen LogP contribution in [0.25, 0.3) is 0 Å². The van der Waals surface area contributed by atoms with Crippen LogP contribution in [0.2, 0.25) is 0 Å². The van der Waals surface area contributed by atoms with Crippen LogP contribution in [-0.2, 0) is 5.60 Å². The number of hydrogen-bond acceptors (Lipinski definition) is 2. The van der Waals surface area contributed by atoms with Crippen molar-refractivity contribution < 1.29 is 18.3 Å². The molecular formula is C13H15F3OS. The predicted molar refractivity (Wildman–Crippen MR) is 65.9 cm³/mol. The lowest BCUT2D eigenvalue weighted by Crippen LogP contribution is -2.48. The molecule has 1 fully saturated rings. The third kappa shape index (κ3) is 1.93. The van der Waals surface area contributed by atoms with Gasteiger partial charge in [0.05, 0.1) is 0 Å². The van der Waals surface area contributed by atoms with Gasteiger partial charge >= 0.3 is 0 Å². The second kappa shape index (κ2) is 4.46. The Balaban J connectivity index is 2.56. The fraction of sp³-hybridized carbons (Fsp3) is 0.538. The maximum absolute atomic E-state index is 13.9. The largest absolute Gasteiger partial charge is 0.384 e. The van der Waals surface area contributed by atoms with Crippen LogP contribution in [0, 0.1) is 22.9 Å². The van der Waals surface area contributed by atoms with E-state index in [1.165, 1.54) is 11.8 Å². The van der Waals surface area contributed by atoms with Gasteiger partial charge in [0.25, 0.3) is 0 Å². The molecule has 0 saturated carbocycles. The molecule has 5 heteroatoms.